The predicted octanol–water partition coefficient (Wildman–Crippen LogP) is 2.54. The van der Waals surface area contributed by atoms with E-state index in [4.69, 9.17) is 15.2 Å². The lowest BCUT2D eigenvalue weighted by Gasteiger charge is -2.11. The Bertz CT molecular complexity index is 565. The summed E-state index contributed by atoms with van der Waals surface area (Å²) >= 11 is 0. The molecule has 24 heavy (non-hydrogen) atoms. The van der Waals surface area contributed by atoms with Gasteiger partial charge in [0.2, 0.25) is 0 Å². The number of aliphatic imine (C=N–C) groups is 1. The van der Waals surface area contributed by atoms with Crippen LogP contribution in [-0.2, 0) is 4.74 Å². The molecule has 0 aliphatic carbocycles. The number of hydrogen-bond donors (Lipinski definition) is 2. The van der Waals surface area contributed by atoms with Gasteiger partial charge in [-0.3, -0.25) is 4.99 Å². The van der Waals surface area contributed by atoms with E-state index in [1.165, 1.54) is 0 Å². The summed E-state index contributed by atoms with van der Waals surface area (Å²) in [7, 11) is 0. The third-order valence-corrected chi connectivity index (χ3v) is 3.01. The Kier molecular flexibility index (Phi) is 6.53. The number of rotatable bonds is 6. The van der Waals surface area contributed by atoms with Crippen LogP contribution in [-0.4, -0.2) is 45.1 Å². The number of guanidine groups is 1. The Balaban J connectivity index is 1.75. The van der Waals surface area contributed by atoms with Crippen LogP contribution in [0.25, 0.3) is 0 Å². The first kappa shape index (κ1) is 18.2. The van der Waals surface area contributed by atoms with E-state index in [0.29, 0.717) is 36.8 Å². The van der Waals surface area contributed by atoms with Crippen molar-refractivity contribution < 1.29 is 27.4 Å². The zero-order valence-electron chi connectivity index (χ0n) is 13.1. The van der Waals surface area contributed by atoms with E-state index in [1.54, 1.807) is 18.2 Å². The van der Waals surface area contributed by atoms with Gasteiger partial charge in [0.05, 0.1) is 13.2 Å². The van der Waals surface area contributed by atoms with Gasteiger partial charge in [0, 0.05) is 31.3 Å². The fraction of sp³-hybridized carbons (Fsp3) is 0.533. The number of benzene rings is 1. The summed E-state index contributed by atoms with van der Waals surface area (Å²) in [5, 5.41) is 2.90. The van der Waals surface area contributed by atoms with E-state index < -0.39 is 12.8 Å². The largest absolute Gasteiger partial charge is 0.490 e. The van der Waals surface area contributed by atoms with Crippen LogP contribution in [0.2, 0.25) is 0 Å². The maximum absolute atomic E-state index is 11.9. The van der Waals surface area contributed by atoms with Gasteiger partial charge in [-0.1, -0.05) is 0 Å². The molecule has 0 unspecified atom stereocenters. The molecule has 1 aliphatic rings. The molecule has 134 valence electrons. The Morgan fingerprint density at radius 1 is 1.25 bits per heavy atom. The van der Waals surface area contributed by atoms with Crippen molar-refractivity contribution in [1.82, 2.24) is 0 Å². The second kappa shape index (κ2) is 8.62. The molecule has 0 aromatic heterocycles. The maximum atomic E-state index is 11.9. The SMILES string of the molecule is NC(=NCCCOCC(F)(F)F)Nc1ccc2c(c1)OCCCO2. The molecule has 3 N–H and O–H groups in total. The van der Waals surface area contributed by atoms with E-state index in [9.17, 15) is 13.2 Å². The van der Waals surface area contributed by atoms with Gasteiger partial charge in [0.25, 0.3) is 0 Å². The van der Waals surface area contributed by atoms with Crippen molar-refractivity contribution in [3.8, 4) is 11.5 Å². The molecule has 0 amide bonds. The lowest BCUT2D eigenvalue weighted by Crippen LogP contribution is -2.23. The second-order valence-electron chi connectivity index (χ2n) is 5.13. The summed E-state index contributed by atoms with van der Waals surface area (Å²) in [5.74, 6) is 1.47. The van der Waals surface area contributed by atoms with Gasteiger partial charge in [-0.05, 0) is 18.6 Å². The van der Waals surface area contributed by atoms with Gasteiger partial charge < -0.3 is 25.3 Å². The highest BCUT2D eigenvalue weighted by Gasteiger charge is 2.27. The topological polar surface area (TPSA) is 78.1 Å². The molecule has 0 fully saturated rings. The van der Waals surface area contributed by atoms with Crippen molar-refractivity contribution in [2.24, 2.45) is 10.7 Å². The first-order chi connectivity index (χ1) is 11.4. The van der Waals surface area contributed by atoms with E-state index in [1.807, 2.05) is 0 Å². The summed E-state index contributed by atoms with van der Waals surface area (Å²) in [5.41, 5.74) is 6.43. The van der Waals surface area contributed by atoms with E-state index in [-0.39, 0.29) is 19.1 Å². The summed E-state index contributed by atoms with van der Waals surface area (Å²) in [6.07, 6.45) is -3.14. The van der Waals surface area contributed by atoms with Crippen LogP contribution in [0, 0.1) is 0 Å². The number of halogens is 3. The zero-order valence-corrected chi connectivity index (χ0v) is 13.1. The van der Waals surface area contributed by atoms with Crippen LogP contribution in [0.4, 0.5) is 18.9 Å². The standard InChI is InChI=1S/C15H20F3N3O3/c16-15(17,18)10-22-6-1-5-20-14(19)21-11-3-4-12-13(9-11)24-8-2-7-23-12/h3-4,9H,1-2,5-8,10H2,(H3,19,20,21). The molecule has 0 atom stereocenters. The van der Waals surface area contributed by atoms with Crippen molar-refractivity contribution >= 4 is 11.6 Å². The number of ether oxygens (including phenoxy) is 3. The molecule has 0 spiro atoms. The summed E-state index contributed by atoms with van der Waals surface area (Å²) in [6.45, 7) is 0.181. The van der Waals surface area contributed by atoms with Crippen molar-refractivity contribution in [2.75, 3.05) is 38.3 Å². The number of anilines is 1. The molecule has 0 saturated carbocycles. The van der Waals surface area contributed by atoms with Crippen LogP contribution in [0.15, 0.2) is 23.2 Å². The third kappa shape index (κ3) is 6.53. The van der Waals surface area contributed by atoms with Crippen molar-refractivity contribution in [3.63, 3.8) is 0 Å². The van der Waals surface area contributed by atoms with Crippen molar-refractivity contribution in [3.05, 3.63) is 18.2 Å². The zero-order chi connectivity index (χ0) is 17.4. The van der Waals surface area contributed by atoms with Gasteiger partial charge >= 0.3 is 6.18 Å². The summed E-state index contributed by atoms with van der Waals surface area (Å²) < 4.78 is 51.2. The lowest BCUT2D eigenvalue weighted by atomic mass is 10.3. The molecule has 1 aromatic rings. The highest BCUT2D eigenvalue weighted by molar-refractivity contribution is 5.92. The Morgan fingerprint density at radius 2 is 2.00 bits per heavy atom. The fourth-order valence-corrected chi connectivity index (χ4v) is 1.98. The van der Waals surface area contributed by atoms with Crippen LogP contribution < -0.4 is 20.5 Å². The van der Waals surface area contributed by atoms with Crippen LogP contribution in [0.5, 0.6) is 11.5 Å². The van der Waals surface area contributed by atoms with Crippen LogP contribution in [0.1, 0.15) is 12.8 Å². The smallest absolute Gasteiger partial charge is 0.411 e. The molecule has 0 saturated heterocycles. The first-order valence-corrected chi connectivity index (χ1v) is 7.55. The molecule has 1 heterocycles. The lowest BCUT2D eigenvalue weighted by molar-refractivity contribution is -0.173. The van der Waals surface area contributed by atoms with Gasteiger partial charge in [-0.2, -0.15) is 13.2 Å². The Hall–Kier alpha value is -2.16. The van der Waals surface area contributed by atoms with E-state index >= 15 is 0 Å². The van der Waals surface area contributed by atoms with Crippen LogP contribution >= 0.6 is 0 Å². The summed E-state index contributed by atoms with van der Waals surface area (Å²) in [6, 6.07) is 5.32. The fourth-order valence-electron chi connectivity index (χ4n) is 1.98. The van der Waals surface area contributed by atoms with Gasteiger partial charge in [-0.15, -0.1) is 0 Å². The Morgan fingerprint density at radius 3 is 2.75 bits per heavy atom. The number of nitrogens with two attached hydrogens (primary N) is 1. The number of fused-ring (bicyclic) bond motifs is 1. The molecule has 0 radical (unpaired) electrons. The minimum Gasteiger partial charge on any atom is -0.490 e. The molecule has 1 aromatic carbocycles. The number of hydrogen-bond acceptors (Lipinski definition) is 4. The van der Waals surface area contributed by atoms with E-state index in [2.05, 4.69) is 15.0 Å². The first-order valence-electron chi connectivity index (χ1n) is 7.55. The van der Waals surface area contributed by atoms with Gasteiger partial charge in [-0.25, -0.2) is 0 Å². The molecule has 1 aliphatic heterocycles. The van der Waals surface area contributed by atoms with Crippen molar-refractivity contribution in [1.29, 1.82) is 0 Å². The van der Waals surface area contributed by atoms with Gasteiger partial charge in [0.1, 0.15) is 6.61 Å². The summed E-state index contributed by atoms with van der Waals surface area (Å²) in [4.78, 5) is 4.03. The normalized spacial score (nSPS) is 15.0. The molecular formula is C15H20F3N3O3. The number of nitrogens with one attached hydrogen (secondary N) is 1. The van der Waals surface area contributed by atoms with Crippen LogP contribution in [0.3, 0.4) is 0 Å². The van der Waals surface area contributed by atoms with E-state index in [0.717, 1.165) is 6.42 Å². The highest BCUT2D eigenvalue weighted by atomic mass is 19.4. The highest BCUT2D eigenvalue weighted by Crippen LogP contribution is 2.32. The second-order valence-corrected chi connectivity index (χ2v) is 5.13. The molecular weight excluding hydrogens is 327 g/mol. The Labute approximate surface area is 137 Å². The number of alkyl halides is 3. The third-order valence-electron chi connectivity index (χ3n) is 3.01. The average Bonchev–Trinajstić information content (AvgIpc) is 2.74. The van der Waals surface area contributed by atoms with Gasteiger partial charge in [0.15, 0.2) is 17.5 Å². The predicted molar refractivity (Wildman–Crippen MR) is 83.7 cm³/mol. The molecule has 6 nitrogen and oxygen atoms in total. The molecule has 0 bridgehead atoms. The molecule has 2 rings (SSSR count). The monoisotopic (exact) mass is 347 g/mol. The minimum absolute atomic E-state index is 0.0275. The minimum atomic E-state index is -4.30. The number of nitrogens with zero attached hydrogens (tertiary/aromatic N) is 1. The molecule has 9 heteroatoms. The average molecular weight is 347 g/mol. The maximum Gasteiger partial charge on any atom is 0.411 e. The quantitative estimate of drug-likeness (QED) is 0.470. The van der Waals surface area contributed by atoms with Crippen molar-refractivity contribution in [2.45, 2.75) is 19.0 Å².